The first kappa shape index (κ1) is 21.9. The Hall–Kier alpha value is -4.27. The number of nitrogens with zero attached hydrogens (tertiary/aromatic N) is 2. The summed E-state index contributed by atoms with van der Waals surface area (Å²) in [6.07, 6.45) is 1.31. The Morgan fingerprint density at radius 3 is 2.58 bits per heavy atom. The van der Waals surface area contributed by atoms with Crippen molar-refractivity contribution in [3.63, 3.8) is 0 Å². The summed E-state index contributed by atoms with van der Waals surface area (Å²) in [5, 5.41) is 3.09. The number of nitrogens with one attached hydrogen (secondary N) is 1. The van der Waals surface area contributed by atoms with Gasteiger partial charge in [-0.1, -0.05) is 24.3 Å². The molecular weight excluding hydrogens is 432 g/mol. The van der Waals surface area contributed by atoms with Gasteiger partial charge < -0.3 is 14.8 Å². The lowest BCUT2D eigenvalue weighted by atomic mass is 10.0. The van der Waals surface area contributed by atoms with Crippen molar-refractivity contribution in [1.29, 1.82) is 0 Å². The summed E-state index contributed by atoms with van der Waals surface area (Å²) in [6, 6.07) is 17.9. The number of carbonyl (C=O) groups is 1. The van der Waals surface area contributed by atoms with Crippen LogP contribution in [0.2, 0.25) is 0 Å². The second-order valence-corrected chi connectivity index (χ2v) is 7.06. The summed E-state index contributed by atoms with van der Waals surface area (Å²) < 4.78 is 36.7. The first-order valence-electron chi connectivity index (χ1n) is 9.92. The van der Waals surface area contributed by atoms with Gasteiger partial charge in [-0.05, 0) is 48.0 Å². The molecule has 0 saturated carbocycles. The SMILES string of the molecule is COc1ccc(-c2cc(NC(=O)Cn3cnc4ccccc4c3=O)ccc2OC(F)F)cc1. The van der Waals surface area contributed by atoms with Gasteiger partial charge in [0.15, 0.2) is 0 Å². The third-order valence-corrected chi connectivity index (χ3v) is 4.93. The Morgan fingerprint density at radius 1 is 1.09 bits per heavy atom. The molecule has 0 aliphatic carbocycles. The van der Waals surface area contributed by atoms with Gasteiger partial charge in [-0.2, -0.15) is 8.78 Å². The Bertz CT molecular complexity index is 1350. The standard InChI is InChI=1S/C24H19F2N3O4/c1-32-17-9-6-15(7-10-17)19-12-16(8-11-21(19)33-24(25)26)28-22(30)13-29-14-27-20-5-3-2-4-18(20)23(29)31/h2-12,14,24H,13H2,1H3,(H,28,30). The van der Waals surface area contributed by atoms with Crippen LogP contribution in [-0.2, 0) is 11.3 Å². The zero-order valence-corrected chi connectivity index (χ0v) is 17.5. The molecular formula is C24H19F2N3O4. The van der Waals surface area contributed by atoms with Crippen LogP contribution in [0.4, 0.5) is 14.5 Å². The molecule has 0 radical (unpaired) electrons. The van der Waals surface area contributed by atoms with Gasteiger partial charge in [0.2, 0.25) is 5.91 Å². The molecule has 0 fully saturated rings. The van der Waals surface area contributed by atoms with Crippen LogP contribution < -0.4 is 20.3 Å². The van der Waals surface area contributed by atoms with Crippen LogP contribution in [0.1, 0.15) is 0 Å². The molecule has 0 aliphatic rings. The number of carbonyl (C=O) groups excluding carboxylic acids is 1. The molecule has 0 unspecified atom stereocenters. The number of anilines is 1. The lowest BCUT2D eigenvalue weighted by Crippen LogP contribution is -2.27. The van der Waals surface area contributed by atoms with Gasteiger partial charge in [0.25, 0.3) is 5.56 Å². The number of rotatable bonds is 7. The predicted molar refractivity (Wildman–Crippen MR) is 120 cm³/mol. The van der Waals surface area contributed by atoms with Crippen LogP contribution in [0.3, 0.4) is 0 Å². The smallest absolute Gasteiger partial charge is 0.387 e. The van der Waals surface area contributed by atoms with E-state index < -0.39 is 12.5 Å². The highest BCUT2D eigenvalue weighted by Gasteiger charge is 2.14. The number of benzene rings is 3. The summed E-state index contributed by atoms with van der Waals surface area (Å²) in [4.78, 5) is 29.4. The molecule has 0 aliphatic heterocycles. The average molecular weight is 451 g/mol. The second-order valence-electron chi connectivity index (χ2n) is 7.06. The normalized spacial score (nSPS) is 10.9. The molecule has 1 N–H and O–H groups in total. The molecule has 1 aromatic heterocycles. The maximum absolute atomic E-state index is 12.9. The highest BCUT2D eigenvalue weighted by molar-refractivity contribution is 5.92. The van der Waals surface area contributed by atoms with Gasteiger partial charge in [0, 0.05) is 11.3 Å². The van der Waals surface area contributed by atoms with E-state index in [1.165, 1.54) is 36.2 Å². The van der Waals surface area contributed by atoms with E-state index in [1.807, 2.05) is 0 Å². The van der Waals surface area contributed by atoms with Crippen LogP contribution >= 0.6 is 0 Å². The fraction of sp³-hybridized carbons (Fsp3) is 0.125. The average Bonchev–Trinajstić information content (AvgIpc) is 2.82. The van der Waals surface area contributed by atoms with E-state index in [2.05, 4.69) is 15.0 Å². The highest BCUT2D eigenvalue weighted by Crippen LogP contribution is 2.34. The number of hydrogen-bond donors (Lipinski definition) is 1. The monoisotopic (exact) mass is 451 g/mol. The predicted octanol–water partition coefficient (Wildman–Crippen LogP) is 4.31. The molecule has 0 spiro atoms. The summed E-state index contributed by atoms with van der Waals surface area (Å²) in [5.41, 5.74) is 1.51. The van der Waals surface area contributed by atoms with E-state index >= 15 is 0 Å². The minimum absolute atomic E-state index is 0.0388. The maximum Gasteiger partial charge on any atom is 0.387 e. The molecule has 4 rings (SSSR count). The molecule has 0 atom stereocenters. The topological polar surface area (TPSA) is 82.5 Å². The van der Waals surface area contributed by atoms with Crippen molar-refractivity contribution >= 4 is 22.5 Å². The molecule has 0 saturated heterocycles. The lowest BCUT2D eigenvalue weighted by molar-refractivity contribution is -0.116. The van der Waals surface area contributed by atoms with Crippen LogP contribution in [0.25, 0.3) is 22.0 Å². The second kappa shape index (κ2) is 9.47. The number of amides is 1. The first-order chi connectivity index (χ1) is 15.9. The molecule has 9 heteroatoms. The summed E-state index contributed by atoms with van der Waals surface area (Å²) in [7, 11) is 1.52. The van der Waals surface area contributed by atoms with Gasteiger partial charge >= 0.3 is 6.61 Å². The van der Waals surface area contributed by atoms with E-state index in [0.29, 0.717) is 33.5 Å². The van der Waals surface area contributed by atoms with Gasteiger partial charge in [0.1, 0.15) is 18.0 Å². The largest absolute Gasteiger partial charge is 0.497 e. The van der Waals surface area contributed by atoms with Crippen LogP contribution in [0, 0.1) is 0 Å². The Morgan fingerprint density at radius 2 is 1.85 bits per heavy atom. The van der Waals surface area contributed by atoms with E-state index in [1.54, 1.807) is 48.5 Å². The van der Waals surface area contributed by atoms with E-state index in [-0.39, 0.29) is 17.9 Å². The van der Waals surface area contributed by atoms with Crippen molar-refractivity contribution in [3.8, 4) is 22.6 Å². The first-order valence-corrected chi connectivity index (χ1v) is 9.92. The number of ether oxygens (including phenoxy) is 2. The minimum atomic E-state index is -3.00. The Kier molecular flexibility index (Phi) is 6.30. The van der Waals surface area contributed by atoms with Gasteiger partial charge in [-0.3, -0.25) is 14.2 Å². The fourth-order valence-corrected chi connectivity index (χ4v) is 3.38. The minimum Gasteiger partial charge on any atom is -0.497 e. The van der Waals surface area contributed by atoms with Crippen LogP contribution in [0.5, 0.6) is 11.5 Å². The van der Waals surface area contributed by atoms with Crippen molar-refractivity contribution in [3.05, 3.63) is 83.4 Å². The molecule has 7 nitrogen and oxygen atoms in total. The van der Waals surface area contributed by atoms with E-state index in [0.717, 1.165) is 0 Å². The third kappa shape index (κ3) is 4.98. The Labute approximate surface area is 187 Å². The number of fused-ring (bicyclic) bond motifs is 1. The van der Waals surface area contributed by atoms with Crippen molar-refractivity contribution in [2.45, 2.75) is 13.2 Å². The molecule has 33 heavy (non-hydrogen) atoms. The van der Waals surface area contributed by atoms with E-state index in [9.17, 15) is 18.4 Å². The van der Waals surface area contributed by atoms with Gasteiger partial charge in [-0.15, -0.1) is 0 Å². The van der Waals surface area contributed by atoms with Crippen molar-refractivity contribution in [2.75, 3.05) is 12.4 Å². The molecule has 0 bridgehead atoms. The maximum atomic E-state index is 12.9. The van der Waals surface area contributed by atoms with Crippen molar-refractivity contribution in [1.82, 2.24) is 9.55 Å². The van der Waals surface area contributed by atoms with Gasteiger partial charge in [0.05, 0.1) is 24.3 Å². The number of halogens is 2. The van der Waals surface area contributed by atoms with E-state index in [4.69, 9.17) is 4.74 Å². The lowest BCUT2D eigenvalue weighted by Gasteiger charge is -2.14. The Balaban J connectivity index is 1.59. The molecule has 4 aromatic rings. The zero-order chi connectivity index (χ0) is 23.4. The summed E-state index contributed by atoms with van der Waals surface area (Å²) >= 11 is 0. The quantitative estimate of drug-likeness (QED) is 0.453. The zero-order valence-electron chi connectivity index (χ0n) is 17.5. The fourth-order valence-electron chi connectivity index (χ4n) is 3.38. The number of aromatic nitrogens is 2. The number of hydrogen-bond acceptors (Lipinski definition) is 5. The number of alkyl halides is 2. The number of para-hydroxylation sites is 1. The van der Waals surface area contributed by atoms with Crippen LogP contribution in [0.15, 0.2) is 77.9 Å². The molecule has 1 amide bonds. The van der Waals surface area contributed by atoms with Gasteiger partial charge in [-0.25, -0.2) is 4.98 Å². The summed E-state index contributed by atoms with van der Waals surface area (Å²) in [6.45, 7) is -3.26. The molecule has 168 valence electrons. The van der Waals surface area contributed by atoms with Crippen molar-refractivity contribution in [2.24, 2.45) is 0 Å². The third-order valence-electron chi connectivity index (χ3n) is 4.93. The molecule has 1 heterocycles. The summed E-state index contributed by atoms with van der Waals surface area (Å²) in [5.74, 6) is 0.0921. The molecule has 3 aromatic carbocycles. The van der Waals surface area contributed by atoms with Crippen molar-refractivity contribution < 1.29 is 23.0 Å². The van der Waals surface area contributed by atoms with Crippen LogP contribution in [-0.4, -0.2) is 29.2 Å². The highest BCUT2D eigenvalue weighted by atomic mass is 19.3. The number of methoxy groups -OCH3 is 1.